The molecular weight excluding hydrogens is 507 g/mol. The normalized spacial score (nSPS) is 16.9. The van der Waals surface area contributed by atoms with Crippen LogP contribution in [0, 0.1) is 5.41 Å². The summed E-state index contributed by atoms with van der Waals surface area (Å²) < 4.78 is 52.7. The largest absolute Gasteiger partial charge is 0.573 e. The van der Waals surface area contributed by atoms with Crippen LogP contribution in [0.4, 0.5) is 13.2 Å². The van der Waals surface area contributed by atoms with E-state index < -0.39 is 23.6 Å². The number of hydrogen-bond acceptors (Lipinski definition) is 6. The maximum Gasteiger partial charge on any atom is 0.573 e. The van der Waals surface area contributed by atoms with Gasteiger partial charge < -0.3 is 30.2 Å². The molecule has 2 aromatic carbocycles. The van der Waals surface area contributed by atoms with Crippen LogP contribution in [0.15, 0.2) is 48.5 Å². The van der Waals surface area contributed by atoms with Crippen LogP contribution in [0.3, 0.4) is 0 Å². The molecule has 0 unspecified atom stereocenters. The molecule has 0 spiro atoms. The molecule has 3 N–H and O–H groups in total. The number of benzene rings is 2. The standard InChI is InChI=1S/C26H28F3N3O6/c27-26(28,29)38-21-6-2-5-20(16-21)37-18-7-12-32(13-8-18)22(33)17-3-1-4-19(15-17)36-14-11-31-24(35)25(9-10-25)23(30)34/h1-6,15-16,18H,7-14H2,(H2,30,34)(H,31,35). The van der Waals surface area contributed by atoms with E-state index in [2.05, 4.69) is 10.1 Å². The van der Waals surface area contributed by atoms with Crippen LogP contribution in [0.2, 0.25) is 0 Å². The second-order valence-corrected chi connectivity index (χ2v) is 9.21. The molecule has 12 heteroatoms. The van der Waals surface area contributed by atoms with E-state index in [0.717, 1.165) is 0 Å². The van der Waals surface area contributed by atoms with Crippen LogP contribution in [0.1, 0.15) is 36.0 Å². The Morgan fingerprint density at radius 3 is 2.32 bits per heavy atom. The molecule has 0 atom stereocenters. The van der Waals surface area contributed by atoms with Crippen molar-refractivity contribution in [2.45, 2.75) is 38.1 Å². The lowest BCUT2D eigenvalue weighted by molar-refractivity contribution is -0.274. The molecular formula is C26H28F3N3O6. The molecule has 1 aliphatic heterocycles. The maximum atomic E-state index is 13.0. The van der Waals surface area contributed by atoms with E-state index in [0.29, 0.717) is 50.1 Å². The zero-order chi connectivity index (χ0) is 27.3. The van der Waals surface area contributed by atoms with Gasteiger partial charge in [0.2, 0.25) is 11.8 Å². The molecule has 0 bridgehead atoms. The van der Waals surface area contributed by atoms with Gasteiger partial charge in [0, 0.05) is 37.6 Å². The number of likely N-dealkylation sites (tertiary alicyclic amines) is 1. The van der Waals surface area contributed by atoms with Gasteiger partial charge in [-0.3, -0.25) is 14.4 Å². The van der Waals surface area contributed by atoms with E-state index in [-0.39, 0.29) is 36.7 Å². The summed E-state index contributed by atoms with van der Waals surface area (Å²) in [4.78, 5) is 38.2. The number of nitrogens with zero attached hydrogens (tertiary/aromatic N) is 1. The summed E-state index contributed by atoms with van der Waals surface area (Å²) >= 11 is 0. The molecule has 2 aliphatic rings. The van der Waals surface area contributed by atoms with Crippen LogP contribution in [-0.2, 0) is 9.59 Å². The van der Waals surface area contributed by atoms with Crippen molar-refractivity contribution in [2.24, 2.45) is 11.1 Å². The van der Waals surface area contributed by atoms with Gasteiger partial charge in [0.15, 0.2) is 0 Å². The Morgan fingerprint density at radius 2 is 1.66 bits per heavy atom. The Labute approximate surface area is 217 Å². The fourth-order valence-electron chi connectivity index (χ4n) is 4.23. The molecule has 4 rings (SSSR count). The molecule has 204 valence electrons. The minimum atomic E-state index is -4.78. The quantitative estimate of drug-likeness (QED) is 0.357. The van der Waals surface area contributed by atoms with Gasteiger partial charge >= 0.3 is 6.36 Å². The topological polar surface area (TPSA) is 120 Å². The van der Waals surface area contributed by atoms with Gasteiger partial charge in [-0.2, -0.15) is 0 Å². The number of nitrogens with one attached hydrogen (secondary N) is 1. The lowest BCUT2D eigenvalue weighted by Gasteiger charge is -2.32. The third kappa shape index (κ3) is 6.87. The van der Waals surface area contributed by atoms with Gasteiger partial charge in [-0.1, -0.05) is 12.1 Å². The van der Waals surface area contributed by atoms with E-state index in [4.69, 9.17) is 15.2 Å². The third-order valence-corrected chi connectivity index (χ3v) is 6.46. The molecule has 1 heterocycles. The van der Waals surface area contributed by atoms with Crippen molar-refractivity contribution >= 4 is 17.7 Å². The number of hydrogen-bond donors (Lipinski definition) is 2. The van der Waals surface area contributed by atoms with Crippen LogP contribution >= 0.6 is 0 Å². The number of alkyl halides is 3. The smallest absolute Gasteiger partial charge is 0.492 e. The Morgan fingerprint density at radius 1 is 1.00 bits per heavy atom. The lowest BCUT2D eigenvalue weighted by Crippen LogP contribution is -2.42. The number of rotatable bonds is 10. The second-order valence-electron chi connectivity index (χ2n) is 9.21. The van der Waals surface area contributed by atoms with Gasteiger partial charge in [0.05, 0.1) is 6.54 Å². The molecule has 2 aromatic rings. The van der Waals surface area contributed by atoms with Crippen LogP contribution in [0.25, 0.3) is 0 Å². The molecule has 38 heavy (non-hydrogen) atoms. The monoisotopic (exact) mass is 535 g/mol. The molecule has 1 saturated carbocycles. The predicted octanol–water partition coefficient (Wildman–Crippen LogP) is 3.03. The van der Waals surface area contributed by atoms with Gasteiger partial charge in [0.25, 0.3) is 5.91 Å². The van der Waals surface area contributed by atoms with Gasteiger partial charge in [-0.25, -0.2) is 0 Å². The first-order valence-electron chi connectivity index (χ1n) is 12.2. The summed E-state index contributed by atoms with van der Waals surface area (Å²) in [5.74, 6) is -0.834. The van der Waals surface area contributed by atoms with Crippen LogP contribution in [-0.4, -0.2) is 61.3 Å². The number of nitrogens with two attached hydrogens (primary N) is 1. The van der Waals surface area contributed by atoms with Gasteiger partial charge in [-0.05, 0) is 43.2 Å². The predicted molar refractivity (Wildman–Crippen MR) is 128 cm³/mol. The van der Waals surface area contributed by atoms with E-state index in [1.54, 1.807) is 35.2 Å². The summed E-state index contributed by atoms with van der Waals surface area (Å²) in [6, 6.07) is 12.0. The number of amides is 3. The number of carbonyl (C=O) groups excluding carboxylic acids is 3. The number of ether oxygens (including phenoxy) is 3. The highest BCUT2D eigenvalue weighted by molar-refractivity contribution is 6.07. The minimum absolute atomic E-state index is 0.149. The molecule has 9 nitrogen and oxygen atoms in total. The average molecular weight is 536 g/mol. The van der Waals surface area contributed by atoms with Crippen molar-refractivity contribution in [3.05, 3.63) is 54.1 Å². The van der Waals surface area contributed by atoms with E-state index >= 15 is 0 Å². The maximum absolute atomic E-state index is 13.0. The van der Waals surface area contributed by atoms with Crippen molar-refractivity contribution < 1.29 is 41.8 Å². The van der Waals surface area contributed by atoms with E-state index in [9.17, 15) is 27.6 Å². The molecule has 3 amide bonds. The third-order valence-electron chi connectivity index (χ3n) is 6.46. The minimum Gasteiger partial charge on any atom is -0.492 e. The Hall–Kier alpha value is -3.96. The summed E-state index contributed by atoms with van der Waals surface area (Å²) in [5.41, 5.74) is 4.64. The van der Waals surface area contributed by atoms with Crippen molar-refractivity contribution in [3.63, 3.8) is 0 Å². The first-order chi connectivity index (χ1) is 18.1. The van der Waals surface area contributed by atoms with Crippen LogP contribution in [0.5, 0.6) is 17.2 Å². The molecule has 1 aliphatic carbocycles. The van der Waals surface area contributed by atoms with Gasteiger partial charge in [0.1, 0.15) is 35.4 Å². The zero-order valence-corrected chi connectivity index (χ0v) is 20.5. The Balaban J connectivity index is 1.23. The zero-order valence-electron chi connectivity index (χ0n) is 20.5. The summed E-state index contributed by atoms with van der Waals surface area (Å²) in [6.45, 7) is 1.17. The van der Waals surface area contributed by atoms with Gasteiger partial charge in [-0.15, -0.1) is 13.2 Å². The fourth-order valence-corrected chi connectivity index (χ4v) is 4.23. The van der Waals surface area contributed by atoms with Crippen molar-refractivity contribution in [2.75, 3.05) is 26.2 Å². The average Bonchev–Trinajstić information content (AvgIpc) is 3.69. The number of piperidine rings is 1. The molecule has 2 fully saturated rings. The first-order valence-corrected chi connectivity index (χ1v) is 12.2. The van der Waals surface area contributed by atoms with E-state index in [1.807, 2.05) is 0 Å². The summed E-state index contributed by atoms with van der Waals surface area (Å²) in [5, 5.41) is 2.65. The second kappa shape index (κ2) is 11.2. The molecule has 1 saturated heterocycles. The SMILES string of the molecule is NC(=O)C1(C(=O)NCCOc2cccc(C(=O)N3CCC(Oc4cccc(OC(F)(F)F)c4)CC3)c2)CC1. The highest BCUT2D eigenvalue weighted by Gasteiger charge is 2.55. The van der Waals surface area contributed by atoms with Crippen molar-refractivity contribution in [3.8, 4) is 17.2 Å². The summed E-state index contributed by atoms with van der Waals surface area (Å²) in [7, 11) is 0. The first kappa shape index (κ1) is 27.1. The highest BCUT2D eigenvalue weighted by atomic mass is 19.4. The van der Waals surface area contributed by atoms with Crippen LogP contribution < -0.4 is 25.3 Å². The van der Waals surface area contributed by atoms with E-state index in [1.165, 1.54) is 18.2 Å². The number of halogens is 3. The number of primary amides is 1. The lowest BCUT2D eigenvalue weighted by atomic mass is 10.1. The highest BCUT2D eigenvalue weighted by Crippen LogP contribution is 2.45. The number of carbonyl (C=O) groups is 3. The Bertz CT molecular complexity index is 1180. The molecule has 0 aromatic heterocycles. The van der Waals surface area contributed by atoms with Crippen molar-refractivity contribution in [1.82, 2.24) is 10.2 Å². The Kier molecular flexibility index (Phi) is 7.98. The fraction of sp³-hybridized carbons (Fsp3) is 0.423. The summed E-state index contributed by atoms with van der Waals surface area (Å²) in [6.07, 6.45) is -3.11. The molecule has 0 radical (unpaired) electrons. The van der Waals surface area contributed by atoms with Crippen molar-refractivity contribution in [1.29, 1.82) is 0 Å².